The van der Waals surface area contributed by atoms with Gasteiger partial charge in [0.2, 0.25) is 11.8 Å². The summed E-state index contributed by atoms with van der Waals surface area (Å²) >= 11 is 0. The lowest BCUT2D eigenvalue weighted by Gasteiger charge is -2.17. The fourth-order valence-corrected chi connectivity index (χ4v) is 2.01. The second-order valence-corrected chi connectivity index (χ2v) is 4.52. The molecule has 0 unspecified atom stereocenters. The molecule has 0 bridgehead atoms. The van der Waals surface area contributed by atoms with Crippen LogP contribution in [0.4, 0.5) is 0 Å². The van der Waals surface area contributed by atoms with Crippen molar-refractivity contribution < 1.29 is 9.59 Å². The Kier molecular flexibility index (Phi) is 4.10. The molecule has 0 aliphatic carbocycles. The lowest BCUT2D eigenvalue weighted by Crippen LogP contribution is -2.40. The third-order valence-electron chi connectivity index (χ3n) is 3.11. The average molecular weight is 266 g/mol. The van der Waals surface area contributed by atoms with E-state index in [-0.39, 0.29) is 24.9 Å². The molecule has 0 fully saturated rings. The first-order chi connectivity index (χ1) is 9.11. The molecule has 3 N–H and O–H groups in total. The van der Waals surface area contributed by atoms with Crippen LogP contribution in [-0.2, 0) is 29.1 Å². The van der Waals surface area contributed by atoms with Crippen LogP contribution in [-0.4, -0.2) is 51.6 Å². The SMILES string of the molecule is CN(Cc1nnc2n1CCC2)C(=O)CNC(=O)CN. The van der Waals surface area contributed by atoms with Crippen molar-refractivity contribution in [2.75, 3.05) is 20.1 Å². The molecule has 1 aromatic rings. The van der Waals surface area contributed by atoms with E-state index >= 15 is 0 Å². The minimum absolute atomic E-state index is 0.0481. The zero-order chi connectivity index (χ0) is 13.8. The summed E-state index contributed by atoms with van der Waals surface area (Å²) in [6.07, 6.45) is 2.01. The van der Waals surface area contributed by atoms with Crippen molar-refractivity contribution in [3.05, 3.63) is 11.6 Å². The van der Waals surface area contributed by atoms with E-state index in [0.717, 1.165) is 31.0 Å². The Hall–Kier alpha value is -1.96. The number of aromatic nitrogens is 3. The molecule has 0 aromatic carbocycles. The van der Waals surface area contributed by atoms with Gasteiger partial charge in [-0.2, -0.15) is 0 Å². The Labute approximate surface area is 111 Å². The first-order valence-electron chi connectivity index (χ1n) is 6.23. The fraction of sp³-hybridized carbons (Fsp3) is 0.636. The molecule has 0 radical (unpaired) electrons. The van der Waals surface area contributed by atoms with Crippen LogP contribution in [0.25, 0.3) is 0 Å². The Bertz CT molecular complexity index is 484. The molecule has 0 saturated heterocycles. The zero-order valence-electron chi connectivity index (χ0n) is 10.9. The molecular formula is C11H18N6O2. The highest BCUT2D eigenvalue weighted by Crippen LogP contribution is 2.14. The number of aryl methyl sites for hydroxylation is 1. The molecule has 19 heavy (non-hydrogen) atoms. The summed E-state index contributed by atoms with van der Waals surface area (Å²) in [7, 11) is 1.67. The topological polar surface area (TPSA) is 106 Å². The van der Waals surface area contributed by atoms with Crippen molar-refractivity contribution in [2.45, 2.75) is 25.9 Å². The van der Waals surface area contributed by atoms with Crippen molar-refractivity contribution in [3.8, 4) is 0 Å². The Morgan fingerprint density at radius 3 is 3.00 bits per heavy atom. The molecule has 8 nitrogen and oxygen atoms in total. The molecule has 0 spiro atoms. The highest BCUT2D eigenvalue weighted by atomic mass is 16.2. The molecule has 0 saturated carbocycles. The maximum Gasteiger partial charge on any atom is 0.242 e. The standard InChI is InChI=1S/C11H18N6O2/c1-16(11(19)6-13-10(18)5-12)7-9-15-14-8-3-2-4-17(8)9/h2-7,12H2,1H3,(H,13,18). The Morgan fingerprint density at radius 1 is 1.47 bits per heavy atom. The number of carbonyl (C=O) groups is 2. The molecule has 104 valence electrons. The van der Waals surface area contributed by atoms with Gasteiger partial charge >= 0.3 is 0 Å². The van der Waals surface area contributed by atoms with Crippen molar-refractivity contribution in [2.24, 2.45) is 5.73 Å². The molecule has 2 rings (SSSR count). The number of likely N-dealkylation sites (N-methyl/N-ethyl adjacent to an activating group) is 1. The lowest BCUT2D eigenvalue weighted by atomic mass is 10.4. The summed E-state index contributed by atoms with van der Waals surface area (Å²) in [6.45, 7) is 1.14. The van der Waals surface area contributed by atoms with Gasteiger partial charge in [0.05, 0.1) is 19.6 Å². The van der Waals surface area contributed by atoms with Crippen molar-refractivity contribution in [1.29, 1.82) is 0 Å². The van der Waals surface area contributed by atoms with Crippen LogP contribution >= 0.6 is 0 Å². The minimum Gasteiger partial charge on any atom is -0.346 e. The second-order valence-electron chi connectivity index (χ2n) is 4.52. The molecular weight excluding hydrogens is 248 g/mol. The van der Waals surface area contributed by atoms with Crippen LogP contribution < -0.4 is 11.1 Å². The quantitative estimate of drug-likeness (QED) is 0.658. The van der Waals surface area contributed by atoms with Gasteiger partial charge in [0.25, 0.3) is 0 Å². The van der Waals surface area contributed by atoms with Gasteiger partial charge in [0.1, 0.15) is 5.82 Å². The number of nitrogens with zero attached hydrogens (tertiary/aromatic N) is 4. The molecule has 1 aromatic heterocycles. The number of carbonyl (C=O) groups excluding carboxylic acids is 2. The van der Waals surface area contributed by atoms with E-state index in [2.05, 4.69) is 15.5 Å². The van der Waals surface area contributed by atoms with Gasteiger partial charge in [0.15, 0.2) is 5.82 Å². The summed E-state index contributed by atoms with van der Waals surface area (Å²) in [5.41, 5.74) is 5.15. The molecule has 2 heterocycles. The van der Waals surface area contributed by atoms with Gasteiger partial charge in [-0.25, -0.2) is 0 Å². The smallest absolute Gasteiger partial charge is 0.242 e. The summed E-state index contributed by atoms with van der Waals surface area (Å²) in [5, 5.41) is 10.6. The van der Waals surface area contributed by atoms with Crippen molar-refractivity contribution in [3.63, 3.8) is 0 Å². The van der Waals surface area contributed by atoms with Crippen LogP contribution in [0.5, 0.6) is 0 Å². The van der Waals surface area contributed by atoms with Gasteiger partial charge in [0, 0.05) is 20.0 Å². The molecule has 0 atom stereocenters. The van der Waals surface area contributed by atoms with E-state index in [1.165, 1.54) is 4.90 Å². The maximum absolute atomic E-state index is 11.8. The van der Waals surface area contributed by atoms with Gasteiger partial charge in [-0.1, -0.05) is 0 Å². The molecule has 8 heteroatoms. The fourth-order valence-electron chi connectivity index (χ4n) is 2.01. The first-order valence-corrected chi connectivity index (χ1v) is 6.23. The molecule has 1 aliphatic rings. The van der Waals surface area contributed by atoms with Crippen LogP contribution in [0.1, 0.15) is 18.1 Å². The number of amides is 2. The summed E-state index contributed by atoms with van der Waals surface area (Å²) in [4.78, 5) is 24.3. The number of hydrogen-bond donors (Lipinski definition) is 2. The zero-order valence-corrected chi connectivity index (χ0v) is 10.9. The lowest BCUT2D eigenvalue weighted by molar-refractivity contribution is -0.132. The monoisotopic (exact) mass is 266 g/mol. The van der Waals surface area contributed by atoms with Crippen LogP contribution in [0, 0.1) is 0 Å². The van der Waals surface area contributed by atoms with Crippen LogP contribution in [0.3, 0.4) is 0 Å². The Balaban J connectivity index is 1.88. The number of hydrogen-bond acceptors (Lipinski definition) is 5. The van der Waals surface area contributed by atoms with Crippen molar-refractivity contribution >= 4 is 11.8 Å². The first kappa shape index (κ1) is 13.5. The Morgan fingerprint density at radius 2 is 2.26 bits per heavy atom. The molecule has 1 aliphatic heterocycles. The van der Waals surface area contributed by atoms with Crippen LogP contribution in [0.15, 0.2) is 0 Å². The van der Waals surface area contributed by atoms with Gasteiger partial charge in [-0.05, 0) is 6.42 Å². The van der Waals surface area contributed by atoms with E-state index in [0.29, 0.717) is 6.54 Å². The number of rotatable bonds is 5. The van der Waals surface area contributed by atoms with E-state index < -0.39 is 0 Å². The van der Waals surface area contributed by atoms with Gasteiger partial charge < -0.3 is 20.5 Å². The van der Waals surface area contributed by atoms with E-state index in [1.807, 2.05) is 4.57 Å². The second kappa shape index (κ2) is 5.79. The minimum atomic E-state index is -0.342. The average Bonchev–Trinajstić information content (AvgIpc) is 3.00. The number of fused-ring (bicyclic) bond motifs is 1. The third kappa shape index (κ3) is 3.08. The van der Waals surface area contributed by atoms with E-state index in [9.17, 15) is 9.59 Å². The van der Waals surface area contributed by atoms with E-state index in [1.54, 1.807) is 7.05 Å². The van der Waals surface area contributed by atoms with Crippen LogP contribution in [0.2, 0.25) is 0 Å². The van der Waals surface area contributed by atoms with Gasteiger partial charge in [-0.15, -0.1) is 10.2 Å². The van der Waals surface area contributed by atoms with E-state index in [4.69, 9.17) is 5.73 Å². The number of nitrogens with two attached hydrogens (primary N) is 1. The summed E-state index contributed by atoms with van der Waals surface area (Å²) in [6, 6.07) is 0. The van der Waals surface area contributed by atoms with Crippen molar-refractivity contribution in [1.82, 2.24) is 25.0 Å². The largest absolute Gasteiger partial charge is 0.346 e. The predicted molar refractivity (Wildman–Crippen MR) is 66.9 cm³/mol. The third-order valence-corrected chi connectivity index (χ3v) is 3.11. The maximum atomic E-state index is 11.8. The predicted octanol–water partition coefficient (Wildman–Crippen LogP) is -1.74. The summed E-state index contributed by atoms with van der Waals surface area (Å²) in [5.74, 6) is 1.24. The highest BCUT2D eigenvalue weighted by Gasteiger charge is 2.19. The van der Waals surface area contributed by atoms with Gasteiger partial charge in [-0.3, -0.25) is 9.59 Å². The highest BCUT2D eigenvalue weighted by molar-refractivity contribution is 5.85. The number of nitrogens with one attached hydrogen (secondary N) is 1. The normalized spacial score (nSPS) is 13.2. The molecule has 2 amide bonds. The summed E-state index contributed by atoms with van der Waals surface area (Å²) < 4.78 is 2.04.